The monoisotopic (exact) mass is 213 g/mol. The van der Waals surface area contributed by atoms with Gasteiger partial charge in [-0.3, -0.25) is 0 Å². The van der Waals surface area contributed by atoms with Gasteiger partial charge in [0, 0.05) is 0 Å². The van der Waals surface area contributed by atoms with Crippen LogP contribution in [-0.4, -0.2) is 0 Å². The van der Waals surface area contributed by atoms with Crippen molar-refractivity contribution in [1.82, 2.24) is 0 Å². The Hall–Kier alpha value is 0.142. The summed E-state index contributed by atoms with van der Waals surface area (Å²) in [6.07, 6.45) is 11.7. The standard InChI is InChI=1S/C8H11.Pd/c1-2-4-6-8-7-5-3-1;/h1-3H,4,6-8H2;. The summed E-state index contributed by atoms with van der Waals surface area (Å²) < 4.78 is 1.37. The maximum atomic E-state index is 3.23. The summed E-state index contributed by atoms with van der Waals surface area (Å²) in [4.78, 5) is 0. The molecule has 0 saturated heterocycles. The Bertz CT molecular complexity index is 134. The van der Waals surface area contributed by atoms with Crippen LogP contribution < -0.4 is 0 Å². The molecule has 0 fully saturated rings. The van der Waals surface area contributed by atoms with E-state index < -0.39 is 0 Å². The van der Waals surface area contributed by atoms with Crippen molar-refractivity contribution in [2.45, 2.75) is 25.7 Å². The predicted molar refractivity (Wildman–Crippen MR) is 35.7 cm³/mol. The predicted octanol–water partition coefficient (Wildman–Crippen LogP) is 2.55. The summed E-state index contributed by atoms with van der Waals surface area (Å²) in [6, 6.07) is 0. The molecule has 0 nitrogen and oxygen atoms in total. The quantitative estimate of drug-likeness (QED) is 0.543. The first-order valence-electron chi connectivity index (χ1n) is 3.38. The Labute approximate surface area is 67.4 Å². The fourth-order valence-electron chi connectivity index (χ4n) is 0.891. The molecule has 0 aliphatic heterocycles. The molecule has 0 spiro atoms. The molecule has 0 atom stereocenters. The van der Waals surface area contributed by atoms with E-state index in [-0.39, 0.29) is 0 Å². The third-order valence-corrected chi connectivity index (χ3v) is 2.07. The van der Waals surface area contributed by atoms with Crippen LogP contribution in [0, 0.1) is 0 Å². The molecule has 0 aromatic rings. The molecule has 0 aromatic carbocycles. The second kappa shape index (κ2) is 4.04. The third kappa shape index (κ3) is 2.99. The van der Waals surface area contributed by atoms with Gasteiger partial charge in [-0.15, -0.1) is 0 Å². The van der Waals surface area contributed by atoms with Crippen molar-refractivity contribution in [3.63, 3.8) is 0 Å². The first-order valence-corrected chi connectivity index (χ1v) is 4.15. The maximum absolute atomic E-state index is 3.23. The Balaban J connectivity index is 2.48. The van der Waals surface area contributed by atoms with Gasteiger partial charge in [-0.25, -0.2) is 0 Å². The molecule has 1 aliphatic carbocycles. The van der Waals surface area contributed by atoms with E-state index in [1.807, 2.05) is 0 Å². The molecule has 53 valence electrons. The first-order chi connectivity index (χ1) is 4.39. The molecule has 0 unspecified atom stereocenters. The van der Waals surface area contributed by atoms with E-state index in [1.165, 1.54) is 29.7 Å². The molecular weight excluding hydrogens is 203 g/mol. The van der Waals surface area contributed by atoms with E-state index in [0.29, 0.717) is 0 Å². The minimum atomic E-state index is 1.23. The average molecular weight is 214 g/mol. The fourth-order valence-corrected chi connectivity index (χ4v) is 1.32. The molecule has 1 heteroatoms. The second-order valence-corrected chi connectivity index (χ2v) is 3.25. The van der Waals surface area contributed by atoms with Crippen molar-refractivity contribution in [1.29, 1.82) is 0 Å². The molecule has 0 amide bonds. The molecule has 9 heavy (non-hydrogen) atoms. The van der Waals surface area contributed by atoms with Gasteiger partial charge in [0.2, 0.25) is 0 Å². The average Bonchev–Trinajstić information content (AvgIpc) is 1.79. The van der Waals surface area contributed by atoms with E-state index in [9.17, 15) is 0 Å². The Morgan fingerprint density at radius 3 is 3.11 bits per heavy atom. The zero-order chi connectivity index (χ0) is 6.53. The molecule has 0 radical (unpaired) electrons. The van der Waals surface area contributed by atoms with Crippen LogP contribution in [0.3, 0.4) is 0 Å². The van der Waals surface area contributed by atoms with Crippen molar-refractivity contribution in [2.24, 2.45) is 0 Å². The zero-order valence-corrected chi connectivity index (χ0v) is 6.93. The second-order valence-electron chi connectivity index (χ2n) is 2.25. The van der Waals surface area contributed by atoms with E-state index in [2.05, 4.69) is 37.4 Å². The van der Waals surface area contributed by atoms with Crippen LogP contribution >= 0.6 is 0 Å². The normalized spacial score (nSPS) is 20.4. The zero-order valence-electron chi connectivity index (χ0n) is 5.38. The van der Waals surface area contributed by atoms with Gasteiger partial charge in [-0.1, -0.05) is 0 Å². The number of hydrogen-bond donors (Lipinski definition) is 0. The number of rotatable bonds is 0. The van der Waals surface area contributed by atoms with Gasteiger partial charge >= 0.3 is 67.2 Å². The van der Waals surface area contributed by atoms with E-state index in [4.69, 9.17) is 0 Å². The van der Waals surface area contributed by atoms with Gasteiger partial charge < -0.3 is 0 Å². The Kier molecular flexibility index (Phi) is 3.25. The van der Waals surface area contributed by atoms with Crippen LogP contribution in [0.15, 0.2) is 22.3 Å². The molecular formula is C8H11Pd. The summed E-state index contributed by atoms with van der Waals surface area (Å²) in [5, 5.41) is 0. The van der Waals surface area contributed by atoms with Crippen LogP contribution in [0.5, 0.6) is 0 Å². The van der Waals surface area contributed by atoms with Crippen molar-refractivity contribution >= 4 is 0 Å². The van der Waals surface area contributed by atoms with E-state index in [1.54, 1.807) is 0 Å². The summed E-state index contributed by atoms with van der Waals surface area (Å²) >= 11 is 3.23. The molecule has 0 aromatic heterocycles. The van der Waals surface area contributed by atoms with Crippen LogP contribution in [-0.2, 0) is 19.2 Å². The SMILES string of the molecule is [Pd][C]1=CC=CCCCC1. The Morgan fingerprint density at radius 2 is 2.22 bits per heavy atom. The topological polar surface area (TPSA) is 0 Å². The number of hydrogen-bond acceptors (Lipinski definition) is 0. The molecule has 0 N–H and O–H groups in total. The fraction of sp³-hybridized carbons (Fsp3) is 0.500. The van der Waals surface area contributed by atoms with Crippen LogP contribution in [0.4, 0.5) is 0 Å². The molecule has 0 bridgehead atoms. The summed E-state index contributed by atoms with van der Waals surface area (Å²) in [5.41, 5.74) is 0. The van der Waals surface area contributed by atoms with Gasteiger partial charge in [0.25, 0.3) is 0 Å². The van der Waals surface area contributed by atoms with Crippen LogP contribution in [0.1, 0.15) is 25.7 Å². The van der Waals surface area contributed by atoms with Crippen molar-refractivity contribution < 1.29 is 19.2 Å². The Morgan fingerprint density at radius 1 is 1.33 bits per heavy atom. The van der Waals surface area contributed by atoms with Gasteiger partial charge in [0.1, 0.15) is 0 Å². The number of allylic oxidation sites excluding steroid dienone is 4. The minimum absolute atomic E-state index is 1.23. The van der Waals surface area contributed by atoms with Crippen LogP contribution in [0.25, 0.3) is 0 Å². The van der Waals surface area contributed by atoms with Crippen molar-refractivity contribution in [3.8, 4) is 0 Å². The van der Waals surface area contributed by atoms with Gasteiger partial charge in [0.05, 0.1) is 0 Å². The van der Waals surface area contributed by atoms with Gasteiger partial charge in [0.15, 0.2) is 0 Å². The molecule has 0 saturated carbocycles. The molecule has 0 heterocycles. The molecule has 1 aliphatic rings. The summed E-state index contributed by atoms with van der Waals surface area (Å²) in [5.74, 6) is 0. The van der Waals surface area contributed by atoms with Gasteiger partial charge in [-0.2, -0.15) is 0 Å². The van der Waals surface area contributed by atoms with E-state index >= 15 is 0 Å². The summed E-state index contributed by atoms with van der Waals surface area (Å²) in [7, 11) is 0. The van der Waals surface area contributed by atoms with Crippen LogP contribution in [0.2, 0.25) is 0 Å². The van der Waals surface area contributed by atoms with E-state index in [0.717, 1.165) is 0 Å². The van der Waals surface area contributed by atoms with Crippen molar-refractivity contribution in [3.05, 3.63) is 22.3 Å². The third-order valence-electron chi connectivity index (χ3n) is 1.42. The van der Waals surface area contributed by atoms with Crippen molar-refractivity contribution in [2.75, 3.05) is 0 Å². The summed E-state index contributed by atoms with van der Waals surface area (Å²) in [6.45, 7) is 0. The molecule has 1 rings (SSSR count). The van der Waals surface area contributed by atoms with Gasteiger partial charge in [-0.05, 0) is 0 Å². The first kappa shape index (κ1) is 7.25.